The lowest BCUT2D eigenvalue weighted by Crippen LogP contribution is -2.52. The van der Waals surface area contributed by atoms with Gasteiger partial charge < -0.3 is 20.5 Å². The summed E-state index contributed by atoms with van der Waals surface area (Å²) < 4.78 is 5.25. The maximum atomic E-state index is 12.4. The number of carboxylic acids is 1. The summed E-state index contributed by atoms with van der Waals surface area (Å²) in [5.41, 5.74) is 5.94. The van der Waals surface area contributed by atoms with Crippen LogP contribution in [0.5, 0.6) is 0 Å². The minimum atomic E-state index is -0.913. The largest absolute Gasteiger partial charge is 0.481 e. The molecule has 3 unspecified atom stereocenters. The minimum absolute atomic E-state index is 0.151. The number of unbranched alkanes of at least 4 members (excludes halogenated alkanes) is 1. The molecule has 0 saturated carbocycles. The molecule has 116 valence electrons. The number of amides is 1. The van der Waals surface area contributed by atoms with Crippen molar-refractivity contribution in [1.82, 2.24) is 4.90 Å². The summed E-state index contributed by atoms with van der Waals surface area (Å²) >= 11 is 0. The van der Waals surface area contributed by atoms with E-state index in [0.717, 1.165) is 19.3 Å². The van der Waals surface area contributed by atoms with E-state index in [0.29, 0.717) is 13.0 Å². The van der Waals surface area contributed by atoms with E-state index in [-0.39, 0.29) is 19.1 Å². The van der Waals surface area contributed by atoms with Gasteiger partial charge in [-0.3, -0.25) is 9.59 Å². The van der Waals surface area contributed by atoms with Gasteiger partial charge in [-0.25, -0.2) is 0 Å². The number of carbonyl (C=O) groups excluding carboxylic acids is 1. The molecule has 0 aromatic rings. The van der Waals surface area contributed by atoms with Crippen LogP contribution < -0.4 is 5.73 Å². The molecule has 1 aliphatic heterocycles. The van der Waals surface area contributed by atoms with E-state index in [2.05, 4.69) is 0 Å². The monoisotopic (exact) mass is 286 g/mol. The van der Waals surface area contributed by atoms with E-state index in [1.54, 1.807) is 4.90 Å². The highest BCUT2D eigenvalue weighted by molar-refractivity contribution is 5.83. The molecule has 1 amide bonds. The third-order valence-electron chi connectivity index (χ3n) is 3.70. The van der Waals surface area contributed by atoms with Gasteiger partial charge in [0.15, 0.2) is 0 Å². The van der Waals surface area contributed by atoms with E-state index < -0.39 is 24.0 Å². The number of hydrogen-bond acceptors (Lipinski definition) is 4. The van der Waals surface area contributed by atoms with Gasteiger partial charge in [-0.1, -0.05) is 26.7 Å². The fourth-order valence-electron chi connectivity index (χ4n) is 2.53. The Morgan fingerprint density at radius 2 is 2.05 bits per heavy atom. The summed E-state index contributed by atoms with van der Waals surface area (Å²) in [5, 5.41) is 9.21. The molecule has 0 aromatic carbocycles. The number of carboxylic acid groups (broad SMARTS) is 1. The van der Waals surface area contributed by atoms with Crippen molar-refractivity contribution in [1.29, 1.82) is 0 Å². The number of rotatable bonds is 8. The van der Waals surface area contributed by atoms with Crippen LogP contribution in [0, 0.1) is 5.92 Å². The highest BCUT2D eigenvalue weighted by Crippen LogP contribution is 2.21. The minimum Gasteiger partial charge on any atom is -0.481 e. The maximum Gasteiger partial charge on any atom is 0.311 e. The molecule has 3 atom stereocenters. The average molecular weight is 286 g/mol. The van der Waals surface area contributed by atoms with E-state index in [4.69, 9.17) is 10.5 Å². The second-order valence-corrected chi connectivity index (χ2v) is 5.33. The number of carbonyl (C=O) groups is 2. The molecular formula is C14H26N2O4. The Labute approximate surface area is 120 Å². The standard InChI is InChI=1S/C14H26N2O4/c1-3-5-6-11(15)13(17)16(7-4-2)12-9-20-8-10(12)14(18)19/h10-12H,3-9,15H2,1-2H3,(H,18,19). The quantitative estimate of drug-likeness (QED) is 0.690. The summed E-state index contributed by atoms with van der Waals surface area (Å²) in [4.78, 5) is 25.3. The molecule has 1 rings (SSSR count). The summed E-state index contributed by atoms with van der Waals surface area (Å²) in [6, 6.07) is -0.941. The summed E-state index contributed by atoms with van der Waals surface area (Å²) in [5.74, 6) is -1.71. The first-order chi connectivity index (χ1) is 9.52. The lowest BCUT2D eigenvalue weighted by atomic mass is 10.00. The highest BCUT2D eigenvalue weighted by Gasteiger charge is 2.40. The molecule has 20 heavy (non-hydrogen) atoms. The first-order valence-corrected chi connectivity index (χ1v) is 7.39. The number of hydrogen-bond donors (Lipinski definition) is 2. The molecule has 1 fully saturated rings. The van der Waals surface area contributed by atoms with Crippen LogP contribution in [0.4, 0.5) is 0 Å². The van der Waals surface area contributed by atoms with Crippen molar-refractivity contribution in [2.24, 2.45) is 11.7 Å². The Morgan fingerprint density at radius 3 is 2.60 bits per heavy atom. The first-order valence-electron chi connectivity index (χ1n) is 7.39. The summed E-state index contributed by atoms with van der Waals surface area (Å²) in [6.45, 7) is 4.98. The topological polar surface area (TPSA) is 92.9 Å². The smallest absolute Gasteiger partial charge is 0.311 e. The van der Waals surface area contributed by atoms with Crippen LogP contribution in [0.1, 0.15) is 39.5 Å². The zero-order valence-electron chi connectivity index (χ0n) is 12.4. The van der Waals surface area contributed by atoms with Gasteiger partial charge in [0.25, 0.3) is 0 Å². The van der Waals surface area contributed by atoms with Gasteiger partial charge in [0.1, 0.15) is 5.92 Å². The number of nitrogens with two attached hydrogens (primary N) is 1. The van der Waals surface area contributed by atoms with Crippen molar-refractivity contribution in [3.63, 3.8) is 0 Å². The van der Waals surface area contributed by atoms with Crippen molar-refractivity contribution >= 4 is 11.9 Å². The van der Waals surface area contributed by atoms with Crippen molar-refractivity contribution in [3.8, 4) is 0 Å². The van der Waals surface area contributed by atoms with Gasteiger partial charge in [-0.2, -0.15) is 0 Å². The fourth-order valence-corrected chi connectivity index (χ4v) is 2.53. The van der Waals surface area contributed by atoms with Gasteiger partial charge in [0.2, 0.25) is 5.91 Å². The van der Waals surface area contributed by atoms with Crippen LogP contribution in [0.3, 0.4) is 0 Å². The molecule has 3 N–H and O–H groups in total. The Bertz CT molecular complexity index is 335. The second-order valence-electron chi connectivity index (χ2n) is 5.33. The molecule has 0 radical (unpaired) electrons. The molecule has 0 aliphatic carbocycles. The average Bonchev–Trinajstić information content (AvgIpc) is 2.90. The normalized spacial score (nSPS) is 23.6. The van der Waals surface area contributed by atoms with Crippen LogP contribution in [0.15, 0.2) is 0 Å². The fraction of sp³-hybridized carbons (Fsp3) is 0.857. The van der Waals surface area contributed by atoms with Gasteiger partial charge >= 0.3 is 5.97 Å². The van der Waals surface area contributed by atoms with Gasteiger partial charge in [-0.15, -0.1) is 0 Å². The van der Waals surface area contributed by atoms with Crippen molar-refractivity contribution < 1.29 is 19.4 Å². The van der Waals surface area contributed by atoms with E-state index in [1.807, 2.05) is 13.8 Å². The molecule has 0 spiro atoms. The Balaban J connectivity index is 2.76. The molecule has 1 saturated heterocycles. The van der Waals surface area contributed by atoms with Crippen LogP contribution in [0.25, 0.3) is 0 Å². The molecular weight excluding hydrogens is 260 g/mol. The lowest BCUT2D eigenvalue weighted by molar-refractivity contribution is -0.145. The van der Waals surface area contributed by atoms with Crippen molar-refractivity contribution in [2.75, 3.05) is 19.8 Å². The third kappa shape index (κ3) is 4.18. The third-order valence-corrected chi connectivity index (χ3v) is 3.70. The van der Waals surface area contributed by atoms with Gasteiger partial charge in [-0.05, 0) is 12.8 Å². The van der Waals surface area contributed by atoms with Crippen LogP contribution in [0.2, 0.25) is 0 Å². The van der Waals surface area contributed by atoms with E-state index >= 15 is 0 Å². The van der Waals surface area contributed by atoms with Gasteiger partial charge in [0, 0.05) is 6.54 Å². The summed E-state index contributed by atoms with van der Waals surface area (Å²) in [6.07, 6.45) is 3.30. The molecule has 6 nitrogen and oxygen atoms in total. The van der Waals surface area contributed by atoms with Gasteiger partial charge in [0.05, 0.1) is 25.3 Å². The molecule has 6 heteroatoms. The van der Waals surface area contributed by atoms with E-state index in [1.165, 1.54) is 0 Å². The zero-order chi connectivity index (χ0) is 15.1. The molecule has 1 heterocycles. The first kappa shape index (κ1) is 16.9. The molecule has 0 aromatic heterocycles. The Morgan fingerprint density at radius 1 is 1.35 bits per heavy atom. The number of nitrogens with zero attached hydrogens (tertiary/aromatic N) is 1. The SMILES string of the molecule is CCCCC(N)C(=O)N(CCC)C1COCC1C(=O)O. The van der Waals surface area contributed by atoms with E-state index in [9.17, 15) is 14.7 Å². The van der Waals surface area contributed by atoms with Crippen molar-refractivity contribution in [3.05, 3.63) is 0 Å². The summed E-state index contributed by atoms with van der Waals surface area (Å²) in [7, 11) is 0. The lowest BCUT2D eigenvalue weighted by Gasteiger charge is -2.32. The highest BCUT2D eigenvalue weighted by atomic mass is 16.5. The second kappa shape index (κ2) is 8.21. The predicted octanol–water partition coefficient (Wildman–Crippen LogP) is 0.842. The predicted molar refractivity (Wildman–Crippen MR) is 75.2 cm³/mol. The number of ether oxygens (including phenoxy) is 1. The Hall–Kier alpha value is -1.14. The number of aliphatic carboxylic acids is 1. The van der Waals surface area contributed by atoms with Crippen LogP contribution in [-0.2, 0) is 14.3 Å². The molecule has 0 bridgehead atoms. The van der Waals surface area contributed by atoms with Crippen LogP contribution >= 0.6 is 0 Å². The maximum absolute atomic E-state index is 12.4. The van der Waals surface area contributed by atoms with Crippen LogP contribution in [-0.4, -0.2) is 53.7 Å². The zero-order valence-corrected chi connectivity index (χ0v) is 12.4. The van der Waals surface area contributed by atoms with Crippen molar-refractivity contribution in [2.45, 2.75) is 51.6 Å². The Kier molecular flexibility index (Phi) is 6.95. The molecule has 1 aliphatic rings.